The Labute approximate surface area is 249 Å². The van der Waals surface area contributed by atoms with Crippen LogP contribution >= 0.6 is 0 Å². The van der Waals surface area contributed by atoms with Gasteiger partial charge in [-0.1, -0.05) is 6.08 Å². The lowest BCUT2D eigenvalue weighted by Crippen LogP contribution is -2.55. The first-order valence-corrected chi connectivity index (χ1v) is 13.6. The van der Waals surface area contributed by atoms with Crippen LogP contribution in [-0.4, -0.2) is 77.8 Å². The maximum Gasteiger partial charge on any atom is 0.417 e. The standard InChI is InChI=1S/C29H30F5N7O3/c1-15-10-40(11-16(2)38(15)3)21-8-20(30)25(17-5-6-39(12-17)22-9-23(44-4)37-14-36-22)26(31)27(21)41-13-18(28(35)43)19(7-24(41)42)29(32,33)34/h5,7-9,13-16H,6,10-12H2,1-4H3,(H2,35,43)/t15-,16+. The van der Waals surface area contributed by atoms with Crippen LogP contribution in [0.3, 0.4) is 0 Å². The molecule has 1 fully saturated rings. The number of pyridine rings is 1. The molecule has 2 aromatic heterocycles. The van der Waals surface area contributed by atoms with Crippen molar-refractivity contribution in [3.8, 4) is 11.6 Å². The molecule has 0 bridgehead atoms. The van der Waals surface area contributed by atoms with Gasteiger partial charge in [0, 0.05) is 62.7 Å². The van der Waals surface area contributed by atoms with Crippen LogP contribution in [0.5, 0.6) is 5.88 Å². The smallest absolute Gasteiger partial charge is 0.417 e. The lowest BCUT2D eigenvalue weighted by molar-refractivity contribution is -0.138. The Kier molecular flexibility index (Phi) is 8.09. The second-order valence-corrected chi connectivity index (χ2v) is 10.9. The minimum atomic E-state index is -5.08. The third-order valence-corrected chi connectivity index (χ3v) is 8.14. The number of carbonyl (C=O) groups excluding carboxylic acids is 1. The van der Waals surface area contributed by atoms with Crippen molar-refractivity contribution >= 4 is 23.0 Å². The maximum absolute atomic E-state index is 16.8. The molecule has 0 saturated carbocycles. The number of nitrogens with zero attached hydrogens (tertiary/aromatic N) is 6. The number of ether oxygens (including phenoxy) is 1. The number of amides is 1. The summed E-state index contributed by atoms with van der Waals surface area (Å²) in [7, 11) is 3.34. The van der Waals surface area contributed by atoms with Crippen LogP contribution in [0.15, 0.2) is 41.6 Å². The van der Waals surface area contributed by atoms with Crippen LogP contribution < -0.4 is 25.8 Å². The van der Waals surface area contributed by atoms with Crippen LogP contribution in [0.25, 0.3) is 11.3 Å². The molecule has 234 valence electrons. The van der Waals surface area contributed by atoms with Crippen molar-refractivity contribution in [2.24, 2.45) is 5.73 Å². The molecular formula is C29H30F5N7O3. The van der Waals surface area contributed by atoms with E-state index in [4.69, 9.17) is 10.5 Å². The summed E-state index contributed by atoms with van der Waals surface area (Å²) in [6, 6.07) is 2.68. The zero-order chi connectivity index (χ0) is 32.1. The summed E-state index contributed by atoms with van der Waals surface area (Å²) in [5, 5.41) is 0. The second-order valence-electron chi connectivity index (χ2n) is 10.9. The Morgan fingerprint density at radius 2 is 1.75 bits per heavy atom. The molecule has 2 aliphatic rings. The largest absolute Gasteiger partial charge is 0.481 e. The number of primary amides is 1. The van der Waals surface area contributed by atoms with Gasteiger partial charge in [0.05, 0.1) is 29.5 Å². The number of hydrogen-bond donors (Lipinski definition) is 1. The van der Waals surface area contributed by atoms with E-state index in [2.05, 4.69) is 14.9 Å². The number of alkyl halides is 3. The number of aromatic nitrogens is 3. The Morgan fingerprint density at radius 1 is 1.07 bits per heavy atom. The molecule has 2 aliphatic heterocycles. The summed E-state index contributed by atoms with van der Waals surface area (Å²) in [4.78, 5) is 38.9. The first-order valence-electron chi connectivity index (χ1n) is 13.6. The number of nitrogens with two attached hydrogens (primary N) is 1. The van der Waals surface area contributed by atoms with Gasteiger partial charge in [0.2, 0.25) is 5.88 Å². The number of rotatable bonds is 6. The summed E-state index contributed by atoms with van der Waals surface area (Å²) >= 11 is 0. The van der Waals surface area contributed by atoms with E-state index in [1.165, 1.54) is 13.4 Å². The van der Waals surface area contributed by atoms with Gasteiger partial charge >= 0.3 is 6.18 Å². The Bertz CT molecular complexity index is 1700. The molecule has 0 radical (unpaired) electrons. The van der Waals surface area contributed by atoms with Crippen molar-refractivity contribution in [1.29, 1.82) is 0 Å². The molecule has 5 rings (SSSR count). The minimum absolute atomic E-state index is 0.0177. The molecule has 15 heteroatoms. The maximum atomic E-state index is 16.8. The van der Waals surface area contributed by atoms with Crippen molar-refractivity contribution in [2.75, 3.05) is 50.1 Å². The van der Waals surface area contributed by atoms with Crippen molar-refractivity contribution in [2.45, 2.75) is 32.1 Å². The van der Waals surface area contributed by atoms with Gasteiger partial charge in [0.15, 0.2) is 5.82 Å². The van der Waals surface area contributed by atoms with Gasteiger partial charge in [0.25, 0.3) is 11.5 Å². The van der Waals surface area contributed by atoms with Gasteiger partial charge in [-0.05, 0) is 26.5 Å². The van der Waals surface area contributed by atoms with Crippen molar-refractivity contribution < 1.29 is 31.5 Å². The van der Waals surface area contributed by atoms with Crippen LogP contribution in [0, 0.1) is 11.6 Å². The molecule has 1 saturated heterocycles. The SMILES string of the molecule is COc1cc(N2CC=C(c3c(F)cc(N4C[C@@H](C)N(C)[C@@H](C)C4)c(-n4cc(C(N)=O)c(C(F)(F)F)cc4=O)c3F)C2)ncn1. The molecule has 10 nitrogen and oxygen atoms in total. The quantitative estimate of drug-likeness (QED) is 0.418. The summed E-state index contributed by atoms with van der Waals surface area (Å²) < 4.78 is 79.6. The van der Waals surface area contributed by atoms with E-state index in [1.54, 1.807) is 21.9 Å². The topological polar surface area (TPSA) is 110 Å². The van der Waals surface area contributed by atoms with Gasteiger partial charge < -0.3 is 20.3 Å². The predicted octanol–water partition coefficient (Wildman–Crippen LogP) is 3.46. The van der Waals surface area contributed by atoms with Crippen LogP contribution in [-0.2, 0) is 6.18 Å². The average Bonchev–Trinajstić information content (AvgIpc) is 3.45. The molecule has 4 heterocycles. The normalized spacial score (nSPS) is 19.3. The molecule has 1 aromatic carbocycles. The Hall–Kier alpha value is -4.53. The Balaban J connectivity index is 1.69. The fraction of sp³-hybridized carbons (Fsp3) is 0.379. The summed E-state index contributed by atoms with van der Waals surface area (Å²) in [6.45, 7) is 4.68. The number of piperazine rings is 1. The van der Waals surface area contributed by atoms with Crippen LogP contribution in [0.4, 0.5) is 33.5 Å². The third kappa shape index (κ3) is 5.58. The fourth-order valence-corrected chi connectivity index (χ4v) is 5.63. The summed E-state index contributed by atoms with van der Waals surface area (Å²) in [6.07, 6.45) is -1.64. The predicted molar refractivity (Wildman–Crippen MR) is 153 cm³/mol. The Morgan fingerprint density at radius 3 is 2.36 bits per heavy atom. The monoisotopic (exact) mass is 619 g/mol. The van der Waals surface area contributed by atoms with E-state index in [9.17, 15) is 22.8 Å². The number of methoxy groups -OCH3 is 1. The molecule has 2 atom stereocenters. The molecule has 44 heavy (non-hydrogen) atoms. The van der Waals surface area contributed by atoms with E-state index < -0.39 is 51.7 Å². The molecule has 3 aromatic rings. The highest BCUT2D eigenvalue weighted by Crippen LogP contribution is 2.38. The van der Waals surface area contributed by atoms with E-state index >= 15 is 8.78 Å². The van der Waals surface area contributed by atoms with E-state index in [0.717, 1.165) is 6.07 Å². The van der Waals surface area contributed by atoms with E-state index in [-0.39, 0.29) is 48.4 Å². The van der Waals surface area contributed by atoms with E-state index in [1.807, 2.05) is 20.9 Å². The van der Waals surface area contributed by atoms with Crippen molar-refractivity contribution in [3.63, 3.8) is 0 Å². The number of benzene rings is 1. The van der Waals surface area contributed by atoms with Gasteiger partial charge in [-0.2, -0.15) is 13.2 Å². The highest BCUT2D eigenvalue weighted by Gasteiger charge is 2.38. The molecule has 2 N–H and O–H groups in total. The molecular weight excluding hydrogens is 589 g/mol. The first kappa shape index (κ1) is 30.9. The number of anilines is 2. The minimum Gasteiger partial charge on any atom is -0.481 e. The fourth-order valence-electron chi connectivity index (χ4n) is 5.63. The second kappa shape index (κ2) is 11.5. The summed E-state index contributed by atoms with van der Waals surface area (Å²) in [5.74, 6) is -2.85. The van der Waals surface area contributed by atoms with E-state index in [0.29, 0.717) is 29.7 Å². The number of likely N-dealkylation sites (N-methyl/N-ethyl adjacent to an activating group) is 1. The molecule has 0 spiro atoms. The van der Waals surface area contributed by atoms with Crippen LogP contribution in [0.2, 0.25) is 0 Å². The van der Waals surface area contributed by atoms with Gasteiger partial charge in [0.1, 0.15) is 23.6 Å². The molecule has 1 amide bonds. The lowest BCUT2D eigenvalue weighted by Gasteiger charge is -2.44. The zero-order valence-electron chi connectivity index (χ0n) is 24.3. The zero-order valence-corrected chi connectivity index (χ0v) is 24.3. The summed E-state index contributed by atoms with van der Waals surface area (Å²) in [5.41, 5.74) is 0.630. The first-order chi connectivity index (χ1) is 20.7. The number of carbonyl (C=O) groups is 1. The lowest BCUT2D eigenvalue weighted by atomic mass is 10.0. The number of halogens is 5. The average molecular weight is 620 g/mol. The van der Waals surface area contributed by atoms with Gasteiger partial charge in [-0.15, -0.1) is 0 Å². The third-order valence-electron chi connectivity index (χ3n) is 8.14. The molecule has 0 unspecified atom stereocenters. The highest BCUT2D eigenvalue weighted by atomic mass is 19.4. The van der Waals surface area contributed by atoms with Crippen LogP contribution in [0.1, 0.15) is 35.3 Å². The van der Waals surface area contributed by atoms with Gasteiger partial charge in [-0.3, -0.25) is 19.1 Å². The highest BCUT2D eigenvalue weighted by molar-refractivity contribution is 5.94. The van der Waals surface area contributed by atoms with Gasteiger partial charge in [-0.25, -0.2) is 18.7 Å². The van der Waals surface area contributed by atoms with Crippen molar-refractivity contribution in [1.82, 2.24) is 19.4 Å². The molecule has 0 aliphatic carbocycles. The van der Waals surface area contributed by atoms with Crippen molar-refractivity contribution in [3.05, 3.63) is 75.5 Å². The number of hydrogen-bond acceptors (Lipinski definition) is 8.